The highest BCUT2D eigenvalue weighted by molar-refractivity contribution is 7.92. The van der Waals surface area contributed by atoms with Gasteiger partial charge in [0, 0.05) is 31.9 Å². The average Bonchev–Trinajstić information content (AvgIpc) is 3.29. The average molecular weight is 580 g/mol. The molecular weight excluding hydrogens is 554 g/mol. The van der Waals surface area contributed by atoms with Gasteiger partial charge in [-0.05, 0) is 37.3 Å². The van der Waals surface area contributed by atoms with Gasteiger partial charge in [0.2, 0.25) is 5.16 Å². The van der Waals surface area contributed by atoms with E-state index >= 15 is 0 Å². The van der Waals surface area contributed by atoms with Crippen molar-refractivity contribution in [3.8, 4) is 5.75 Å². The molecule has 0 saturated heterocycles. The fourth-order valence-electron chi connectivity index (χ4n) is 3.77. The molecule has 4 rings (SSSR count). The van der Waals surface area contributed by atoms with Gasteiger partial charge < -0.3 is 9.47 Å². The number of methoxy groups -OCH3 is 1. The second-order valence-corrected chi connectivity index (χ2v) is 12.6. The first-order valence-corrected chi connectivity index (χ1v) is 15.5. The Morgan fingerprint density at radius 3 is 2.37 bits per heavy atom. The molecule has 2 aromatic heterocycles. The number of nitrogens with zero attached hydrogens (tertiary/aromatic N) is 3. The summed E-state index contributed by atoms with van der Waals surface area (Å²) in [6, 6.07) is 12.5. The van der Waals surface area contributed by atoms with E-state index in [0.717, 1.165) is 16.1 Å². The summed E-state index contributed by atoms with van der Waals surface area (Å²) < 4.78 is 86.4. The van der Waals surface area contributed by atoms with Crippen LogP contribution in [0.15, 0.2) is 75.7 Å². The Balaban J connectivity index is 1.78. The van der Waals surface area contributed by atoms with Gasteiger partial charge in [0.1, 0.15) is 15.5 Å². The maximum absolute atomic E-state index is 13.8. The van der Waals surface area contributed by atoms with Crippen molar-refractivity contribution in [2.24, 2.45) is 0 Å². The predicted molar refractivity (Wildman–Crippen MR) is 140 cm³/mol. The topological polar surface area (TPSA) is 155 Å². The molecule has 1 N–H and O–H groups in total. The Labute approximate surface area is 222 Å². The zero-order chi connectivity index (χ0) is 27.5. The number of aromatic nitrogens is 3. The van der Waals surface area contributed by atoms with E-state index in [2.05, 4.69) is 9.97 Å². The van der Waals surface area contributed by atoms with Crippen LogP contribution < -0.4 is 4.74 Å². The molecule has 1 atom stereocenters. The van der Waals surface area contributed by atoms with E-state index in [9.17, 15) is 25.6 Å². The lowest BCUT2D eigenvalue weighted by atomic mass is 10.2. The summed E-state index contributed by atoms with van der Waals surface area (Å²) in [5, 5.41) is -0.316. The van der Waals surface area contributed by atoms with Gasteiger partial charge in [-0.15, -0.1) is 0 Å². The van der Waals surface area contributed by atoms with Crippen LogP contribution in [0.25, 0.3) is 11.0 Å². The molecule has 0 radical (unpaired) electrons. The minimum absolute atomic E-state index is 0.0981. The van der Waals surface area contributed by atoms with E-state index in [1.54, 1.807) is 38.3 Å². The molecule has 0 bridgehead atoms. The molecule has 2 aromatic carbocycles. The first-order chi connectivity index (χ1) is 18.1. The number of rotatable bonds is 11. The van der Waals surface area contributed by atoms with Crippen molar-refractivity contribution in [1.29, 1.82) is 0 Å². The van der Waals surface area contributed by atoms with Crippen molar-refractivity contribution in [1.82, 2.24) is 13.9 Å². The summed E-state index contributed by atoms with van der Waals surface area (Å²) >= 11 is 0. The van der Waals surface area contributed by atoms with Crippen LogP contribution >= 0.6 is 0 Å². The summed E-state index contributed by atoms with van der Waals surface area (Å²) in [6.45, 7) is 2.70. The third kappa shape index (κ3) is 5.63. The standard InChI is InChI=1S/C24H25N3O8S3/c1-17-19(25-13-12-21(17)35-15-7-14-34-2)16-36(28)24-26-18-8-3-4-9-20(18)27(24)37(29,30)22-10-5-6-11-23(22)38(31,32)33/h3-6,8-13H,7,14-16H2,1-2H3,(H,31,32,33). The number of imidazole rings is 1. The smallest absolute Gasteiger partial charge is 0.295 e. The summed E-state index contributed by atoms with van der Waals surface area (Å²) in [5.41, 5.74) is 1.40. The Morgan fingerprint density at radius 2 is 1.66 bits per heavy atom. The SMILES string of the molecule is COCCCOc1ccnc(CS(=O)c2nc3ccccc3n2S(=O)(=O)c2ccccc2S(=O)(=O)O)c1C. The van der Waals surface area contributed by atoms with Gasteiger partial charge in [0.15, 0.2) is 0 Å². The van der Waals surface area contributed by atoms with E-state index < -0.39 is 40.7 Å². The van der Waals surface area contributed by atoms with E-state index in [-0.39, 0.29) is 21.9 Å². The molecule has 11 nitrogen and oxygen atoms in total. The highest BCUT2D eigenvalue weighted by Crippen LogP contribution is 2.30. The molecule has 38 heavy (non-hydrogen) atoms. The van der Waals surface area contributed by atoms with Gasteiger partial charge in [-0.1, -0.05) is 24.3 Å². The van der Waals surface area contributed by atoms with Crippen LogP contribution in [0.1, 0.15) is 17.7 Å². The van der Waals surface area contributed by atoms with Gasteiger partial charge in [0.25, 0.3) is 20.1 Å². The normalized spacial score (nSPS) is 13.0. The first kappa shape index (κ1) is 27.9. The van der Waals surface area contributed by atoms with E-state index in [0.29, 0.717) is 36.6 Å². The van der Waals surface area contributed by atoms with Crippen molar-refractivity contribution < 1.29 is 35.1 Å². The molecule has 14 heteroatoms. The molecule has 4 aromatic rings. The molecule has 0 aliphatic rings. The van der Waals surface area contributed by atoms with Gasteiger partial charge in [0.05, 0.1) is 39.9 Å². The molecule has 2 heterocycles. The highest BCUT2D eigenvalue weighted by Gasteiger charge is 2.32. The molecule has 0 aliphatic heterocycles. The number of ether oxygens (including phenoxy) is 2. The van der Waals surface area contributed by atoms with Crippen LogP contribution in [-0.2, 0) is 41.4 Å². The summed E-state index contributed by atoms with van der Waals surface area (Å²) in [5.74, 6) is 0.367. The molecule has 0 amide bonds. The van der Waals surface area contributed by atoms with Crippen molar-refractivity contribution in [2.45, 2.75) is 34.0 Å². The van der Waals surface area contributed by atoms with E-state index in [4.69, 9.17) is 9.47 Å². The third-order valence-corrected chi connectivity index (χ3v) is 9.75. The Hall–Kier alpha value is -3.17. The van der Waals surface area contributed by atoms with Crippen LogP contribution in [0.4, 0.5) is 0 Å². The number of fused-ring (bicyclic) bond motifs is 1. The van der Waals surface area contributed by atoms with Crippen LogP contribution in [0.3, 0.4) is 0 Å². The summed E-state index contributed by atoms with van der Waals surface area (Å²) in [4.78, 5) is 7.14. The van der Waals surface area contributed by atoms with Gasteiger partial charge in [-0.2, -0.15) is 8.42 Å². The zero-order valence-corrected chi connectivity index (χ0v) is 22.9. The number of benzene rings is 2. The zero-order valence-electron chi connectivity index (χ0n) is 20.5. The molecular formula is C24H25N3O8S3. The minimum atomic E-state index is -4.89. The molecule has 0 fully saturated rings. The maximum Gasteiger partial charge on any atom is 0.295 e. The fraction of sp³-hybridized carbons (Fsp3) is 0.250. The van der Waals surface area contributed by atoms with Crippen molar-refractivity contribution in [3.63, 3.8) is 0 Å². The lowest BCUT2D eigenvalue weighted by Crippen LogP contribution is -2.20. The monoisotopic (exact) mass is 579 g/mol. The third-order valence-electron chi connectivity index (χ3n) is 5.62. The van der Waals surface area contributed by atoms with Gasteiger partial charge >= 0.3 is 0 Å². The van der Waals surface area contributed by atoms with Crippen LogP contribution in [0.5, 0.6) is 5.75 Å². The molecule has 0 saturated carbocycles. The quantitative estimate of drug-likeness (QED) is 0.207. The Bertz CT molecular complexity index is 1720. The molecule has 1 unspecified atom stereocenters. The van der Waals surface area contributed by atoms with E-state index in [1.807, 2.05) is 0 Å². The van der Waals surface area contributed by atoms with Crippen molar-refractivity contribution >= 4 is 42.0 Å². The van der Waals surface area contributed by atoms with Crippen molar-refractivity contribution in [2.75, 3.05) is 20.3 Å². The molecule has 0 aliphatic carbocycles. The van der Waals surface area contributed by atoms with Gasteiger partial charge in [-0.3, -0.25) is 13.7 Å². The number of hydrogen-bond donors (Lipinski definition) is 1. The first-order valence-electron chi connectivity index (χ1n) is 11.3. The Morgan fingerprint density at radius 1 is 0.974 bits per heavy atom. The lowest BCUT2D eigenvalue weighted by Gasteiger charge is -2.14. The fourth-order valence-corrected chi connectivity index (χ4v) is 8.10. The second-order valence-electron chi connectivity index (χ2n) is 8.14. The summed E-state index contributed by atoms with van der Waals surface area (Å²) in [7, 11) is -9.99. The van der Waals surface area contributed by atoms with E-state index in [1.165, 1.54) is 24.4 Å². The van der Waals surface area contributed by atoms with Crippen LogP contribution in [-0.4, -0.2) is 59.9 Å². The predicted octanol–water partition coefficient (Wildman–Crippen LogP) is 2.95. The Kier molecular flexibility index (Phi) is 8.28. The largest absolute Gasteiger partial charge is 0.493 e. The molecule has 0 spiro atoms. The van der Waals surface area contributed by atoms with Gasteiger partial charge in [-0.25, -0.2) is 17.4 Å². The molecule has 202 valence electrons. The van der Waals surface area contributed by atoms with Crippen molar-refractivity contribution in [3.05, 3.63) is 72.1 Å². The number of pyridine rings is 1. The highest BCUT2D eigenvalue weighted by atomic mass is 32.2. The van der Waals surface area contributed by atoms with Crippen LogP contribution in [0, 0.1) is 6.92 Å². The number of hydrogen-bond acceptors (Lipinski definition) is 9. The van der Waals surface area contributed by atoms with Crippen LogP contribution in [0.2, 0.25) is 0 Å². The second kappa shape index (κ2) is 11.3. The summed E-state index contributed by atoms with van der Waals surface area (Å²) in [6.07, 6.45) is 2.18. The maximum atomic E-state index is 13.8. The minimum Gasteiger partial charge on any atom is -0.493 e. The number of para-hydroxylation sites is 2. The lowest BCUT2D eigenvalue weighted by molar-refractivity contribution is 0.172.